The largest absolute Gasteiger partial charge is 0.369 e. The van der Waals surface area contributed by atoms with Crippen LogP contribution in [0.25, 0.3) is 16.9 Å². The number of aromatic nitrogens is 2. The van der Waals surface area contributed by atoms with Crippen LogP contribution in [0.3, 0.4) is 0 Å². The number of nitrogens with one attached hydrogen (secondary N) is 1. The lowest BCUT2D eigenvalue weighted by molar-refractivity contribution is 0.874. The zero-order valence-corrected chi connectivity index (χ0v) is 14.8. The fourth-order valence-corrected chi connectivity index (χ4v) is 3.66. The van der Waals surface area contributed by atoms with Crippen LogP contribution >= 0.6 is 15.9 Å². The van der Waals surface area contributed by atoms with Gasteiger partial charge >= 0.3 is 0 Å². The van der Waals surface area contributed by atoms with Crippen LogP contribution in [0.4, 0.5) is 5.82 Å². The van der Waals surface area contributed by atoms with E-state index in [0.717, 1.165) is 40.2 Å². The van der Waals surface area contributed by atoms with Gasteiger partial charge in [0.2, 0.25) is 0 Å². The minimum absolute atomic E-state index is 0.971. The first-order chi connectivity index (χ1) is 11.1. The average molecular weight is 368 g/mol. The predicted octanol–water partition coefficient (Wildman–Crippen LogP) is 4.89. The lowest BCUT2D eigenvalue weighted by Crippen LogP contribution is -2.05. The molecule has 1 aliphatic heterocycles. The van der Waals surface area contributed by atoms with Gasteiger partial charge in [0.15, 0.2) is 0 Å². The topological polar surface area (TPSA) is 29.9 Å². The molecule has 0 saturated heterocycles. The van der Waals surface area contributed by atoms with Crippen molar-refractivity contribution in [2.75, 3.05) is 11.9 Å². The van der Waals surface area contributed by atoms with Crippen LogP contribution in [0.2, 0.25) is 0 Å². The third-order valence-corrected chi connectivity index (χ3v) is 4.82. The number of rotatable bonds is 2. The van der Waals surface area contributed by atoms with Crippen molar-refractivity contribution in [1.29, 1.82) is 0 Å². The molecular weight excluding hydrogens is 350 g/mol. The van der Waals surface area contributed by atoms with Crippen molar-refractivity contribution >= 4 is 21.7 Å². The second kappa shape index (κ2) is 5.53. The summed E-state index contributed by atoms with van der Waals surface area (Å²) in [5.74, 6) is 1.13. The molecule has 0 amide bonds. The number of aryl methyl sites for hydroxylation is 2. The van der Waals surface area contributed by atoms with Crippen molar-refractivity contribution in [3.63, 3.8) is 0 Å². The fourth-order valence-electron chi connectivity index (χ4n) is 3.26. The van der Waals surface area contributed by atoms with Gasteiger partial charge in [-0.2, -0.15) is 5.10 Å². The van der Waals surface area contributed by atoms with Crippen molar-refractivity contribution in [2.24, 2.45) is 0 Å². The Morgan fingerprint density at radius 3 is 2.78 bits per heavy atom. The van der Waals surface area contributed by atoms with E-state index in [2.05, 4.69) is 76.2 Å². The number of anilines is 1. The highest BCUT2D eigenvalue weighted by molar-refractivity contribution is 9.10. The average Bonchev–Trinajstić information content (AvgIpc) is 3.10. The molecule has 0 fully saturated rings. The molecule has 2 heterocycles. The van der Waals surface area contributed by atoms with Crippen molar-refractivity contribution in [3.8, 4) is 16.9 Å². The van der Waals surface area contributed by atoms with Crippen molar-refractivity contribution < 1.29 is 0 Å². The molecular formula is C19H18BrN3. The number of hydrogen-bond donors (Lipinski definition) is 1. The smallest absolute Gasteiger partial charge is 0.133 e. The highest BCUT2D eigenvalue weighted by Crippen LogP contribution is 2.35. The lowest BCUT2D eigenvalue weighted by atomic mass is 10.1. The lowest BCUT2D eigenvalue weighted by Gasteiger charge is -2.10. The van der Waals surface area contributed by atoms with E-state index in [9.17, 15) is 0 Å². The summed E-state index contributed by atoms with van der Waals surface area (Å²) >= 11 is 3.56. The first-order valence-corrected chi connectivity index (χ1v) is 8.62. The molecule has 0 spiro atoms. The van der Waals surface area contributed by atoms with Gasteiger partial charge in [-0.05, 0) is 44.0 Å². The third kappa shape index (κ3) is 2.47. The Balaban J connectivity index is 1.91. The second-order valence-electron chi connectivity index (χ2n) is 6.06. The van der Waals surface area contributed by atoms with Crippen molar-refractivity contribution in [1.82, 2.24) is 9.78 Å². The Morgan fingerprint density at radius 1 is 1.13 bits per heavy atom. The van der Waals surface area contributed by atoms with E-state index in [-0.39, 0.29) is 0 Å². The summed E-state index contributed by atoms with van der Waals surface area (Å²) in [5, 5.41) is 8.44. The molecule has 116 valence electrons. The van der Waals surface area contributed by atoms with Crippen LogP contribution in [0.1, 0.15) is 16.7 Å². The Morgan fingerprint density at radius 2 is 2.00 bits per heavy atom. The van der Waals surface area contributed by atoms with Gasteiger partial charge in [-0.15, -0.1) is 0 Å². The molecule has 1 aliphatic rings. The van der Waals surface area contributed by atoms with Crippen LogP contribution in [-0.4, -0.2) is 16.3 Å². The predicted molar refractivity (Wildman–Crippen MR) is 98.4 cm³/mol. The molecule has 4 rings (SSSR count). The maximum Gasteiger partial charge on any atom is 0.133 e. The van der Waals surface area contributed by atoms with Gasteiger partial charge in [0.1, 0.15) is 5.82 Å². The minimum Gasteiger partial charge on any atom is -0.369 e. The molecule has 0 atom stereocenters. The minimum atomic E-state index is 0.971. The van der Waals surface area contributed by atoms with E-state index in [1.807, 2.05) is 6.07 Å². The molecule has 2 aromatic carbocycles. The summed E-state index contributed by atoms with van der Waals surface area (Å²) in [6, 6.07) is 14.9. The highest BCUT2D eigenvalue weighted by atomic mass is 79.9. The summed E-state index contributed by atoms with van der Waals surface area (Å²) in [7, 11) is 0. The standard InChI is InChI=1S/C19H18BrN3/c1-12-6-7-17(13(2)10-12)23-19-16(8-9-21-19)18(22-23)14-4-3-5-15(20)11-14/h3-7,10-11,21H,8-9H2,1-2H3. The SMILES string of the molecule is Cc1ccc(-n2nc(-c3cccc(Br)c3)c3c2NCC3)c(C)c1. The number of halogens is 1. The highest BCUT2D eigenvalue weighted by Gasteiger charge is 2.24. The molecule has 0 radical (unpaired) electrons. The van der Waals surface area contributed by atoms with Gasteiger partial charge in [0, 0.05) is 22.1 Å². The molecule has 23 heavy (non-hydrogen) atoms. The molecule has 3 nitrogen and oxygen atoms in total. The van der Waals surface area contributed by atoms with E-state index < -0.39 is 0 Å². The molecule has 0 bridgehead atoms. The Labute approximate surface area is 144 Å². The molecule has 0 saturated carbocycles. The maximum absolute atomic E-state index is 4.94. The van der Waals surface area contributed by atoms with Crippen LogP contribution in [0.5, 0.6) is 0 Å². The van der Waals surface area contributed by atoms with E-state index >= 15 is 0 Å². The Bertz CT molecular complexity index is 896. The van der Waals surface area contributed by atoms with E-state index in [4.69, 9.17) is 5.10 Å². The van der Waals surface area contributed by atoms with Crippen LogP contribution in [-0.2, 0) is 6.42 Å². The summed E-state index contributed by atoms with van der Waals surface area (Å²) in [6.07, 6.45) is 1.02. The molecule has 0 aliphatic carbocycles. The zero-order valence-electron chi connectivity index (χ0n) is 13.2. The van der Waals surface area contributed by atoms with Crippen LogP contribution in [0, 0.1) is 13.8 Å². The van der Waals surface area contributed by atoms with Gasteiger partial charge in [0.25, 0.3) is 0 Å². The van der Waals surface area contributed by atoms with Crippen molar-refractivity contribution in [3.05, 3.63) is 63.6 Å². The number of fused-ring (bicyclic) bond motifs is 1. The maximum atomic E-state index is 4.94. The van der Waals surface area contributed by atoms with Gasteiger partial charge < -0.3 is 5.32 Å². The third-order valence-electron chi connectivity index (χ3n) is 4.33. The molecule has 4 heteroatoms. The number of benzene rings is 2. The Hall–Kier alpha value is -2.07. The number of hydrogen-bond acceptors (Lipinski definition) is 2. The van der Waals surface area contributed by atoms with E-state index in [1.165, 1.54) is 16.7 Å². The molecule has 0 unspecified atom stereocenters. The zero-order chi connectivity index (χ0) is 16.0. The molecule has 1 N–H and O–H groups in total. The summed E-state index contributed by atoms with van der Waals surface area (Å²) < 4.78 is 3.14. The normalized spacial score (nSPS) is 13.0. The molecule has 3 aromatic rings. The van der Waals surface area contributed by atoms with Crippen molar-refractivity contribution in [2.45, 2.75) is 20.3 Å². The quantitative estimate of drug-likeness (QED) is 0.698. The summed E-state index contributed by atoms with van der Waals surface area (Å²) in [5.41, 5.74) is 7.19. The number of nitrogens with zero attached hydrogens (tertiary/aromatic N) is 2. The summed E-state index contributed by atoms with van der Waals surface area (Å²) in [4.78, 5) is 0. The first kappa shape index (κ1) is 14.5. The van der Waals surface area contributed by atoms with E-state index in [1.54, 1.807) is 0 Å². The first-order valence-electron chi connectivity index (χ1n) is 7.83. The van der Waals surface area contributed by atoms with Gasteiger partial charge in [0.05, 0.1) is 11.4 Å². The van der Waals surface area contributed by atoms with Crippen LogP contribution in [0.15, 0.2) is 46.9 Å². The monoisotopic (exact) mass is 367 g/mol. The van der Waals surface area contributed by atoms with E-state index in [0.29, 0.717) is 0 Å². The molecule has 1 aromatic heterocycles. The van der Waals surface area contributed by atoms with Crippen LogP contribution < -0.4 is 5.32 Å². The Kier molecular flexibility index (Phi) is 3.49. The summed E-state index contributed by atoms with van der Waals surface area (Å²) in [6.45, 7) is 5.23. The fraction of sp³-hybridized carbons (Fsp3) is 0.211. The second-order valence-corrected chi connectivity index (χ2v) is 6.98. The van der Waals surface area contributed by atoms with Gasteiger partial charge in [-0.3, -0.25) is 0 Å². The van der Waals surface area contributed by atoms with Gasteiger partial charge in [-0.1, -0.05) is 45.8 Å². The van der Waals surface area contributed by atoms with Gasteiger partial charge in [-0.25, -0.2) is 4.68 Å².